The van der Waals surface area contributed by atoms with Crippen molar-refractivity contribution in [2.75, 3.05) is 14.2 Å². The van der Waals surface area contributed by atoms with Crippen LogP contribution in [0.4, 0.5) is 0 Å². The lowest BCUT2D eigenvalue weighted by Gasteiger charge is -2.28. The number of hydrogen-bond donors (Lipinski definition) is 1. The first kappa shape index (κ1) is 13.2. The van der Waals surface area contributed by atoms with Gasteiger partial charge in [0.25, 0.3) is 0 Å². The Labute approximate surface area is 109 Å². The summed E-state index contributed by atoms with van der Waals surface area (Å²) in [6, 6.07) is 4.58. The normalized spacial score (nSPS) is 23.8. The minimum Gasteiger partial charge on any atom is -0.496 e. The summed E-state index contributed by atoms with van der Waals surface area (Å²) in [5, 5.41) is 0. The molecule has 1 aromatic rings. The van der Waals surface area contributed by atoms with Gasteiger partial charge in [0.1, 0.15) is 11.5 Å². The van der Waals surface area contributed by atoms with Gasteiger partial charge in [0.05, 0.1) is 14.2 Å². The zero-order valence-electron chi connectivity index (χ0n) is 11.5. The fourth-order valence-corrected chi connectivity index (χ4v) is 2.82. The lowest BCUT2D eigenvalue weighted by Crippen LogP contribution is -2.25. The molecule has 1 saturated carbocycles. The lowest BCUT2D eigenvalue weighted by atomic mass is 9.81. The number of nitrogens with two attached hydrogens (primary N) is 1. The average Bonchev–Trinajstić information content (AvgIpc) is 2.39. The summed E-state index contributed by atoms with van der Waals surface area (Å²) in [6.45, 7) is 2.04. The van der Waals surface area contributed by atoms with E-state index in [1.54, 1.807) is 14.2 Å². The van der Waals surface area contributed by atoms with Crippen molar-refractivity contribution in [2.24, 2.45) is 5.73 Å². The van der Waals surface area contributed by atoms with E-state index in [9.17, 15) is 0 Å². The third kappa shape index (κ3) is 2.61. The quantitative estimate of drug-likeness (QED) is 0.895. The van der Waals surface area contributed by atoms with Crippen LogP contribution in [0.1, 0.15) is 42.7 Å². The van der Waals surface area contributed by atoms with Crippen molar-refractivity contribution in [2.45, 2.75) is 44.6 Å². The summed E-state index contributed by atoms with van der Waals surface area (Å²) < 4.78 is 10.9. The Kier molecular flexibility index (Phi) is 4.12. The van der Waals surface area contributed by atoms with E-state index in [0.717, 1.165) is 42.7 Å². The second-order valence-electron chi connectivity index (χ2n) is 5.18. The third-order valence-electron chi connectivity index (χ3n) is 3.96. The number of rotatable bonds is 3. The average molecular weight is 249 g/mol. The molecule has 0 saturated heterocycles. The highest BCUT2D eigenvalue weighted by Crippen LogP contribution is 2.40. The fourth-order valence-electron chi connectivity index (χ4n) is 2.82. The van der Waals surface area contributed by atoms with E-state index in [1.807, 2.05) is 6.92 Å². The van der Waals surface area contributed by atoms with Gasteiger partial charge in [-0.3, -0.25) is 0 Å². The van der Waals surface area contributed by atoms with Crippen LogP contribution in [-0.4, -0.2) is 20.3 Å². The summed E-state index contributed by atoms with van der Waals surface area (Å²) in [4.78, 5) is 0. The number of ether oxygens (including phenoxy) is 2. The van der Waals surface area contributed by atoms with Gasteiger partial charge in [-0.1, -0.05) is 0 Å². The maximum atomic E-state index is 5.97. The van der Waals surface area contributed by atoms with Crippen LogP contribution in [0.15, 0.2) is 12.1 Å². The molecular weight excluding hydrogens is 226 g/mol. The van der Waals surface area contributed by atoms with Crippen LogP contribution in [0.2, 0.25) is 0 Å². The van der Waals surface area contributed by atoms with Crippen LogP contribution in [0.3, 0.4) is 0 Å². The molecule has 0 unspecified atom stereocenters. The number of methoxy groups -OCH3 is 2. The molecule has 18 heavy (non-hydrogen) atoms. The molecule has 100 valence electrons. The Morgan fingerprint density at radius 1 is 1.00 bits per heavy atom. The van der Waals surface area contributed by atoms with Crippen molar-refractivity contribution >= 4 is 0 Å². The highest BCUT2D eigenvalue weighted by Gasteiger charge is 2.23. The van der Waals surface area contributed by atoms with Gasteiger partial charge in [0, 0.05) is 11.6 Å². The first-order valence-corrected chi connectivity index (χ1v) is 6.63. The van der Waals surface area contributed by atoms with Crippen LogP contribution in [0.25, 0.3) is 0 Å². The molecular formula is C15H23NO2. The highest BCUT2D eigenvalue weighted by atomic mass is 16.5. The molecule has 0 amide bonds. The first-order chi connectivity index (χ1) is 8.65. The molecule has 0 spiro atoms. The van der Waals surface area contributed by atoms with Crippen LogP contribution in [0.5, 0.6) is 11.5 Å². The SMILES string of the molecule is COc1cc(C2CCC(N)CC2)c(OC)cc1C. The number of aryl methyl sites for hydroxylation is 1. The first-order valence-electron chi connectivity index (χ1n) is 6.63. The summed E-state index contributed by atoms with van der Waals surface area (Å²) >= 11 is 0. The van der Waals surface area contributed by atoms with Crippen molar-refractivity contribution < 1.29 is 9.47 Å². The van der Waals surface area contributed by atoms with E-state index in [4.69, 9.17) is 15.2 Å². The Morgan fingerprint density at radius 2 is 1.61 bits per heavy atom. The maximum absolute atomic E-state index is 5.97. The molecule has 2 N–H and O–H groups in total. The van der Waals surface area contributed by atoms with Crippen molar-refractivity contribution in [1.82, 2.24) is 0 Å². The second-order valence-corrected chi connectivity index (χ2v) is 5.18. The summed E-state index contributed by atoms with van der Waals surface area (Å²) in [5.74, 6) is 2.48. The van der Waals surface area contributed by atoms with Gasteiger partial charge in [0.2, 0.25) is 0 Å². The predicted octanol–water partition coefficient (Wildman–Crippen LogP) is 3.00. The van der Waals surface area contributed by atoms with Gasteiger partial charge in [-0.2, -0.15) is 0 Å². The second kappa shape index (κ2) is 5.61. The van der Waals surface area contributed by atoms with E-state index in [2.05, 4.69) is 12.1 Å². The fraction of sp³-hybridized carbons (Fsp3) is 0.600. The van der Waals surface area contributed by atoms with E-state index in [1.165, 1.54) is 5.56 Å². The molecule has 2 rings (SSSR count). The molecule has 0 aromatic heterocycles. The number of benzene rings is 1. The van der Waals surface area contributed by atoms with Crippen LogP contribution in [-0.2, 0) is 0 Å². The molecule has 1 aliphatic carbocycles. The van der Waals surface area contributed by atoms with Gasteiger partial charge in [-0.15, -0.1) is 0 Å². The van der Waals surface area contributed by atoms with Gasteiger partial charge < -0.3 is 15.2 Å². The molecule has 0 aliphatic heterocycles. The molecule has 3 nitrogen and oxygen atoms in total. The predicted molar refractivity (Wildman–Crippen MR) is 73.5 cm³/mol. The maximum Gasteiger partial charge on any atom is 0.122 e. The van der Waals surface area contributed by atoms with Gasteiger partial charge >= 0.3 is 0 Å². The zero-order chi connectivity index (χ0) is 13.1. The molecule has 1 aromatic carbocycles. The van der Waals surface area contributed by atoms with Crippen molar-refractivity contribution in [3.8, 4) is 11.5 Å². The van der Waals surface area contributed by atoms with Gasteiger partial charge in [-0.25, -0.2) is 0 Å². The molecule has 1 aliphatic rings. The Morgan fingerprint density at radius 3 is 2.17 bits per heavy atom. The topological polar surface area (TPSA) is 44.5 Å². The molecule has 1 fully saturated rings. The zero-order valence-corrected chi connectivity index (χ0v) is 11.5. The van der Waals surface area contributed by atoms with Gasteiger partial charge in [0.15, 0.2) is 0 Å². The summed E-state index contributed by atoms with van der Waals surface area (Å²) in [6.07, 6.45) is 4.49. The molecule has 0 atom stereocenters. The Balaban J connectivity index is 2.30. The molecule has 0 heterocycles. The lowest BCUT2D eigenvalue weighted by molar-refractivity contribution is 0.364. The van der Waals surface area contributed by atoms with E-state index < -0.39 is 0 Å². The third-order valence-corrected chi connectivity index (χ3v) is 3.96. The van der Waals surface area contributed by atoms with E-state index in [-0.39, 0.29) is 0 Å². The standard InChI is InChI=1S/C15H23NO2/c1-10-8-15(18-3)13(9-14(10)17-2)11-4-6-12(16)7-5-11/h8-9,11-12H,4-7,16H2,1-3H3. The number of hydrogen-bond acceptors (Lipinski definition) is 3. The molecule has 0 bridgehead atoms. The van der Waals surface area contributed by atoms with E-state index >= 15 is 0 Å². The van der Waals surface area contributed by atoms with Crippen molar-refractivity contribution in [3.05, 3.63) is 23.3 Å². The van der Waals surface area contributed by atoms with Crippen LogP contribution in [0, 0.1) is 6.92 Å². The van der Waals surface area contributed by atoms with Crippen LogP contribution >= 0.6 is 0 Å². The Bertz CT molecular complexity index is 409. The van der Waals surface area contributed by atoms with E-state index in [0.29, 0.717) is 12.0 Å². The van der Waals surface area contributed by atoms with Crippen molar-refractivity contribution in [1.29, 1.82) is 0 Å². The molecule has 3 heteroatoms. The minimum atomic E-state index is 0.375. The summed E-state index contributed by atoms with van der Waals surface area (Å²) in [7, 11) is 3.45. The highest BCUT2D eigenvalue weighted by molar-refractivity contribution is 5.47. The molecule has 0 radical (unpaired) electrons. The minimum absolute atomic E-state index is 0.375. The Hall–Kier alpha value is -1.22. The monoisotopic (exact) mass is 249 g/mol. The summed E-state index contributed by atoms with van der Waals surface area (Å²) in [5.41, 5.74) is 8.36. The smallest absolute Gasteiger partial charge is 0.122 e. The largest absolute Gasteiger partial charge is 0.496 e. The van der Waals surface area contributed by atoms with Gasteiger partial charge in [-0.05, 0) is 56.2 Å². The van der Waals surface area contributed by atoms with Crippen LogP contribution < -0.4 is 15.2 Å². The van der Waals surface area contributed by atoms with Crippen molar-refractivity contribution in [3.63, 3.8) is 0 Å².